The minimum atomic E-state index is -0.304. The molecule has 0 unspecified atom stereocenters. The van der Waals surface area contributed by atoms with Crippen LogP contribution < -0.4 is 5.32 Å². The van der Waals surface area contributed by atoms with Gasteiger partial charge in [-0.1, -0.05) is 30.3 Å². The van der Waals surface area contributed by atoms with Crippen LogP contribution in [0.1, 0.15) is 23.0 Å². The number of nitrogens with one attached hydrogen (secondary N) is 1. The van der Waals surface area contributed by atoms with Crippen molar-refractivity contribution in [3.63, 3.8) is 0 Å². The highest BCUT2D eigenvalue weighted by molar-refractivity contribution is 6.13. The molecule has 0 fully saturated rings. The molecule has 4 aromatic rings. The van der Waals surface area contributed by atoms with Gasteiger partial charge in [0.05, 0.1) is 28.2 Å². The van der Waals surface area contributed by atoms with Gasteiger partial charge in [0.15, 0.2) is 0 Å². The summed E-state index contributed by atoms with van der Waals surface area (Å²) in [7, 11) is 0. The molecule has 6 heteroatoms. The van der Waals surface area contributed by atoms with Gasteiger partial charge in [-0.2, -0.15) is 5.10 Å². The third-order valence-electron chi connectivity index (χ3n) is 4.66. The topological polar surface area (TPSA) is 80.0 Å². The molecule has 140 valence electrons. The van der Waals surface area contributed by atoms with Crippen LogP contribution in [0.2, 0.25) is 0 Å². The molecule has 2 N–H and O–H groups in total. The molecule has 0 aliphatic heterocycles. The van der Waals surface area contributed by atoms with Crippen molar-refractivity contribution in [3.05, 3.63) is 72.1 Å². The molecule has 0 radical (unpaired) electrons. The molecular formula is C22H20N4O2. The number of pyridine rings is 1. The first-order chi connectivity index (χ1) is 13.6. The number of fused-ring (bicyclic) bond motifs is 1. The van der Waals surface area contributed by atoms with Crippen LogP contribution in [0.15, 0.2) is 60.8 Å². The average molecular weight is 372 g/mol. The number of phenolic OH excluding ortho intramolecular Hbond substituents is 1. The van der Waals surface area contributed by atoms with E-state index in [-0.39, 0.29) is 11.7 Å². The molecule has 28 heavy (non-hydrogen) atoms. The van der Waals surface area contributed by atoms with E-state index < -0.39 is 0 Å². The minimum absolute atomic E-state index is 0.0227. The number of hydrogen-bond donors (Lipinski definition) is 2. The molecular weight excluding hydrogens is 352 g/mol. The van der Waals surface area contributed by atoms with Crippen molar-refractivity contribution in [2.24, 2.45) is 0 Å². The van der Waals surface area contributed by atoms with Crippen molar-refractivity contribution in [1.82, 2.24) is 14.8 Å². The molecule has 0 aliphatic rings. The molecule has 0 saturated heterocycles. The summed E-state index contributed by atoms with van der Waals surface area (Å²) in [5, 5.41) is 18.0. The molecule has 4 rings (SSSR count). The Morgan fingerprint density at radius 3 is 2.64 bits per heavy atom. The first kappa shape index (κ1) is 17.7. The molecule has 1 amide bonds. The second kappa shape index (κ2) is 7.15. The lowest BCUT2D eigenvalue weighted by Gasteiger charge is -2.11. The van der Waals surface area contributed by atoms with Gasteiger partial charge in [-0.05, 0) is 38.1 Å². The Kier molecular flexibility index (Phi) is 4.53. The fourth-order valence-electron chi connectivity index (χ4n) is 3.20. The predicted octanol–water partition coefficient (Wildman–Crippen LogP) is 4.38. The van der Waals surface area contributed by atoms with Crippen LogP contribution in [-0.4, -0.2) is 25.8 Å². The van der Waals surface area contributed by atoms with Crippen molar-refractivity contribution in [2.75, 3.05) is 5.32 Å². The Balaban J connectivity index is 1.83. The zero-order valence-corrected chi connectivity index (χ0v) is 15.7. The second-order valence-electron chi connectivity index (χ2n) is 6.53. The third-order valence-corrected chi connectivity index (χ3v) is 4.66. The lowest BCUT2D eigenvalue weighted by molar-refractivity contribution is 0.102. The predicted molar refractivity (Wildman–Crippen MR) is 109 cm³/mol. The zero-order chi connectivity index (χ0) is 19.7. The maximum atomic E-state index is 13.0. The van der Waals surface area contributed by atoms with E-state index in [2.05, 4.69) is 10.4 Å². The van der Waals surface area contributed by atoms with E-state index in [0.717, 1.165) is 28.7 Å². The summed E-state index contributed by atoms with van der Waals surface area (Å²) in [6.45, 7) is 4.71. The molecule has 2 aromatic carbocycles. The van der Waals surface area contributed by atoms with Crippen LogP contribution in [0.3, 0.4) is 0 Å². The van der Waals surface area contributed by atoms with Crippen LogP contribution in [0, 0.1) is 6.92 Å². The second-order valence-corrected chi connectivity index (χ2v) is 6.53. The molecule has 0 atom stereocenters. The Morgan fingerprint density at radius 1 is 1.14 bits per heavy atom. The number of carbonyl (C=O) groups is 1. The van der Waals surface area contributed by atoms with Crippen LogP contribution in [-0.2, 0) is 6.54 Å². The van der Waals surface area contributed by atoms with Crippen LogP contribution >= 0.6 is 0 Å². The molecule has 6 nitrogen and oxygen atoms in total. The highest BCUT2D eigenvalue weighted by Crippen LogP contribution is 2.28. The number of amides is 1. The smallest absolute Gasteiger partial charge is 0.256 e. The number of para-hydroxylation sites is 3. The van der Waals surface area contributed by atoms with E-state index >= 15 is 0 Å². The number of aryl methyl sites for hydroxylation is 2. The fourth-order valence-corrected chi connectivity index (χ4v) is 3.20. The van der Waals surface area contributed by atoms with Gasteiger partial charge in [0.2, 0.25) is 0 Å². The summed E-state index contributed by atoms with van der Waals surface area (Å²) in [6.07, 6.45) is 1.94. The highest BCUT2D eigenvalue weighted by Gasteiger charge is 2.17. The van der Waals surface area contributed by atoms with Gasteiger partial charge in [-0.25, -0.2) is 4.98 Å². The number of nitrogens with zero attached hydrogens (tertiary/aromatic N) is 3. The van der Waals surface area contributed by atoms with Crippen LogP contribution in [0.25, 0.3) is 22.2 Å². The third kappa shape index (κ3) is 3.20. The number of aromatic nitrogens is 3. The van der Waals surface area contributed by atoms with Gasteiger partial charge in [0.1, 0.15) is 5.75 Å². The number of aromatic hydroxyl groups is 1. The van der Waals surface area contributed by atoms with Crippen LogP contribution in [0.5, 0.6) is 5.75 Å². The quantitative estimate of drug-likeness (QED) is 0.521. The lowest BCUT2D eigenvalue weighted by Crippen LogP contribution is -2.13. The molecule has 0 bridgehead atoms. The van der Waals surface area contributed by atoms with Crippen molar-refractivity contribution in [2.45, 2.75) is 20.4 Å². The van der Waals surface area contributed by atoms with Gasteiger partial charge in [0.25, 0.3) is 5.91 Å². The monoisotopic (exact) mass is 372 g/mol. The van der Waals surface area contributed by atoms with E-state index in [1.54, 1.807) is 24.3 Å². The SMILES string of the molecule is CCn1cc(-c2cc(C(=O)Nc3ccccc3O)c3ccccc3n2)c(C)n1. The van der Waals surface area contributed by atoms with E-state index in [0.29, 0.717) is 16.9 Å². The first-order valence-corrected chi connectivity index (χ1v) is 9.10. The highest BCUT2D eigenvalue weighted by atomic mass is 16.3. The zero-order valence-electron chi connectivity index (χ0n) is 15.7. The van der Waals surface area contributed by atoms with Crippen LogP contribution in [0.4, 0.5) is 5.69 Å². The van der Waals surface area contributed by atoms with Gasteiger partial charge in [-0.3, -0.25) is 9.48 Å². The molecule has 2 heterocycles. The Bertz CT molecular complexity index is 1180. The summed E-state index contributed by atoms with van der Waals surface area (Å²) < 4.78 is 1.85. The summed E-state index contributed by atoms with van der Waals surface area (Å²) in [4.78, 5) is 17.8. The summed E-state index contributed by atoms with van der Waals surface area (Å²) >= 11 is 0. The first-order valence-electron chi connectivity index (χ1n) is 9.10. The number of phenols is 1. The van der Waals surface area contributed by atoms with Gasteiger partial charge in [-0.15, -0.1) is 0 Å². The normalized spacial score (nSPS) is 10.9. The van der Waals surface area contributed by atoms with Crippen molar-refractivity contribution >= 4 is 22.5 Å². The largest absolute Gasteiger partial charge is 0.506 e. The maximum absolute atomic E-state index is 13.0. The van der Waals surface area contributed by atoms with E-state index in [4.69, 9.17) is 4.98 Å². The standard InChI is InChI=1S/C22H20N4O2/c1-3-26-13-17(14(2)25-26)20-12-16(15-8-4-5-9-18(15)23-20)22(28)24-19-10-6-7-11-21(19)27/h4-13,27H,3H2,1-2H3,(H,24,28). The van der Waals surface area contributed by atoms with Gasteiger partial charge >= 0.3 is 0 Å². The lowest BCUT2D eigenvalue weighted by atomic mass is 10.0. The van der Waals surface area contributed by atoms with E-state index in [1.807, 2.05) is 49.0 Å². The van der Waals surface area contributed by atoms with Crippen molar-refractivity contribution in [3.8, 4) is 17.0 Å². The van der Waals surface area contributed by atoms with Gasteiger partial charge in [0, 0.05) is 23.7 Å². The fraction of sp³-hybridized carbons (Fsp3) is 0.136. The summed E-state index contributed by atoms with van der Waals surface area (Å²) in [6, 6.07) is 16.0. The number of anilines is 1. The number of rotatable bonds is 4. The number of benzene rings is 2. The summed E-state index contributed by atoms with van der Waals surface area (Å²) in [5.74, 6) is -0.281. The maximum Gasteiger partial charge on any atom is 0.256 e. The van der Waals surface area contributed by atoms with Crippen molar-refractivity contribution in [1.29, 1.82) is 0 Å². The molecule has 2 aromatic heterocycles. The molecule has 0 saturated carbocycles. The van der Waals surface area contributed by atoms with E-state index in [9.17, 15) is 9.90 Å². The molecule has 0 aliphatic carbocycles. The average Bonchev–Trinajstić information content (AvgIpc) is 3.09. The number of hydrogen-bond acceptors (Lipinski definition) is 4. The number of carbonyl (C=O) groups excluding carboxylic acids is 1. The van der Waals surface area contributed by atoms with Gasteiger partial charge < -0.3 is 10.4 Å². The Labute approximate surface area is 162 Å². The van der Waals surface area contributed by atoms with Crippen molar-refractivity contribution < 1.29 is 9.90 Å². The Morgan fingerprint density at radius 2 is 1.89 bits per heavy atom. The van der Waals surface area contributed by atoms with E-state index in [1.165, 1.54) is 6.07 Å². The summed E-state index contributed by atoms with van der Waals surface area (Å²) in [5.41, 5.74) is 4.03. The minimum Gasteiger partial charge on any atom is -0.506 e. The molecule has 0 spiro atoms. The Hall–Kier alpha value is -3.67.